The molecular formula is C24H32N2O4Si. The predicted molar refractivity (Wildman–Crippen MR) is 125 cm³/mol. The molecule has 3 atom stereocenters. The SMILES string of the molecule is COc1ccc(C(NC(=O)C2CCC(O)C2)C(=O)Nc2ccc([Si](C)(C)C)cc2)cc1. The number of aliphatic hydroxyl groups excluding tert-OH is 1. The molecule has 0 radical (unpaired) electrons. The first-order valence-electron chi connectivity index (χ1n) is 10.7. The van der Waals surface area contributed by atoms with Crippen molar-refractivity contribution in [1.29, 1.82) is 0 Å². The van der Waals surface area contributed by atoms with Crippen LogP contribution in [-0.4, -0.2) is 38.2 Å². The van der Waals surface area contributed by atoms with Gasteiger partial charge in [-0.25, -0.2) is 0 Å². The number of benzene rings is 2. The van der Waals surface area contributed by atoms with Crippen LogP contribution in [0.15, 0.2) is 48.5 Å². The molecule has 0 aliphatic heterocycles. The highest BCUT2D eigenvalue weighted by Crippen LogP contribution is 2.27. The van der Waals surface area contributed by atoms with E-state index in [0.29, 0.717) is 36.3 Å². The Balaban J connectivity index is 1.78. The Bertz CT molecular complexity index is 907. The molecule has 7 heteroatoms. The third-order valence-corrected chi connectivity index (χ3v) is 7.86. The van der Waals surface area contributed by atoms with E-state index >= 15 is 0 Å². The Kier molecular flexibility index (Phi) is 7.18. The van der Waals surface area contributed by atoms with E-state index in [-0.39, 0.29) is 17.7 Å². The summed E-state index contributed by atoms with van der Waals surface area (Å²) in [5.74, 6) is -0.117. The number of methoxy groups -OCH3 is 1. The maximum atomic E-state index is 13.2. The maximum Gasteiger partial charge on any atom is 0.251 e. The fourth-order valence-electron chi connectivity index (χ4n) is 3.82. The van der Waals surface area contributed by atoms with Crippen molar-refractivity contribution in [2.24, 2.45) is 5.92 Å². The number of rotatable bonds is 7. The predicted octanol–water partition coefficient (Wildman–Crippen LogP) is 3.20. The van der Waals surface area contributed by atoms with Gasteiger partial charge >= 0.3 is 0 Å². The fourth-order valence-corrected chi connectivity index (χ4v) is 4.99. The molecule has 166 valence electrons. The molecule has 2 amide bonds. The summed E-state index contributed by atoms with van der Waals surface area (Å²) in [6, 6.07) is 14.2. The van der Waals surface area contributed by atoms with Crippen LogP contribution in [0, 0.1) is 5.92 Å². The van der Waals surface area contributed by atoms with Crippen LogP contribution in [0.1, 0.15) is 30.9 Å². The minimum atomic E-state index is -1.42. The second kappa shape index (κ2) is 9.66. The van der Waals surface area contributed by atoms with E-state index in [0.717, 1.165) is 0 Å². The van der Waals surface area contributed by atoms with Gasteiger partial charge in [0, 0.05) is 11.6 Å². The highest BCUT2D eigenvalue weighted by molar-refractivity contribution is 6.88. The zero-order chi connectivity index (χ0) is 22.6. The number of nitrogens with one attached hydrogen (secondary N) is 2. The summed E-state index contributed by atoms with van der Waals surface area (Å²) in [5.41, 5.74) is 1.36. The molecule has 31 heavy (non-hydrogen) atoms. The van der Waals surface area contributed by atoms with Crippen molar-refractivity contribution in [2.75, 3.05) is 12.4 Å². The van der Waals surface area contributed by atoms with Crippen molar-refractivity contribution in [3.63, 3.8) is 0 Å². The fraction of sp³-hybridized carbons (Fsp3) is 0.417. The zero-order valence-corrected chi connectivity index (χ0v) is 19.6. The maximum absolute atomic E-state index is 13.2. The van der Waals surface area contributed by atoms with Crippen LogP contribution in [0.2, 0.25) is 19.6 Å². The Hall–Kier alpha value is -2.64. The van der Waals surface area contributed by atoms with Gasteiger partial charge in [0.25, 0.3) is 5.91 Å². The number of carbonyl (C=O) groups excluding carboxylic acids is 2. The van der Waals surface area contributed by atoms with Crippen LogP contribution in [0.4, 0.5) is 5.69 Å². The van der Waals surface area contributed by atoms with E-state index in [9.17, 15) is 14.7 Å². The Morgan fingerprint density at radius 2 is 1.68 bits per heavy atom. The van der Waals surface area contributed by atoms with Crippen LogP contribution in [-0.2, 0) is 9.59 Å². The molecule has 0 bridgehead atoms. The molecule has 6 nitrogen and oxygen atoms in total. The molecule has 1 fully saturated rings. The molecule has 3 rings (SSSR count). The molecule has 1 saturated carbocycles. The smallest absolute Gasteiger partial charge is 0.251 e. The van der Waals surface area contributed by atoms with Gasteiger partial charge < -0.3 is 20.5 Å². The number of amides is 2. The average Bonchev–Trinajstić information content (AvgIpc) is 3.18. The van der Waals surface area contributed by atoms with Crippen molar-refractivity contribution < 1.29 is 19.4 Å². The van der Waals surface area contributed by atoms with E-state index in [2.05, 4.69) is 42.4 Å². The van der Waals surface area contributed by atoms with Crippen LogP contribution >= 0.6 is 0 Å². The first kappa shape index (κ1) is 23.0. The van der Waals surface area contributed by atoms with Crippen molar-refractivity contribution >= 4 is 30.8 Å². The van der Waals surface area contributed by atoms with Crippen LogP contribution < -0.4 is 20.6 Å². The quantitative estimate of drug-likeness (QED) is 0.577. The molecule has 3 N–H and O–H groups in total. The van der Waals surface area contributed by atoms with Gasteiger partial charge in [-0.05, 0) is 49.1 Å². The van der Waals surface area contributed by atoms with E-state index in [1.54, 1.807) is 31.4 Å². The van der Waals surface area contributed by atoms with Crippen molar-refractivity contribution in [3.05, 3.63) is 54.1 Å². The number of carbonyl (C=O) groups is 2. The van der Waals surface area contributed by atoms with Gasteiger partial charge in [-0.3, -0.25) is 9.59 Å². The third kappa shape index (κ3) is 5.95. The Morgan fingerprint density at radius 1 is 1.03 bits per heavy atom. The number of aliphatic hydroxyl groups is 1. The standard InChI is InChI=1S/C24H32N2O4Si/c1-30-20-11-6-16(7-12-20)22(26-23(28)17-5-10-19(27)15-17)24(29)25-18-8-13-21(14-9-18)31(2,3)4/h6-9,11-14,17,19,22,27H,5,10,15H2,1-4H3,(H,25,29)(H,26,28). The van der Waals surface area contributed by atoms with Gasteiger partial charge in [0.2, 0.25) is 5.91 Å². The van der Waals surface area contributed by atoms with E-state index in [1.807, 2.05) is 12.1 Å². The first-order valence-corrected chi connectivity index (χ1v) is 14.2. The lowest BCUT2D eigenvalue weighted by Crippen LogP contribution is -2.40. The summed E-state index contributed by atoms with van der Waals surface area (Å²) in [6.07, 6.45) is 1.22. The second-order valence-electron chi connectivity index (χ2n) is 9.20. The summed E-state index contributed by atoms with van der Waals surface area (Å²) < 4.78 is 5.21. The number of anilines is 1. The molecule has 0 spiro atoms. The van der Waals surface area contributed by atoms with Crippen molar-refractivity contribution in [2.45, 2.75) is 51.0 Å². The van der Waals surface area contributed by atoms with E-state index in [4.69, 9.17) is 4.74 Å². The van der Waals surface area contributed by atoms with Gasteiger partial charge in [0.15, 0.2) is 0 Å². The van der Waals surface area contributed by atoms with Crippen LogP contribution in [0.25, 0.3) is 0 Å². The molecule has 2 aromatic carbocycles. The summed E-state index contributed by atoms with van der Waals surface area (Å²) in [4.78, 5) is 26.0. The molecule has 0 heterocycles. The highest BCUT2D eigenvalue weighted by atomic mass is 28.3. The normalized spacial score (nSPS) is 19.5. The monoisotopic (exact) mass is 440 g/mol. The minimum Gasteiger partial charge on any atom is -0.497 e. The van der Waals surface area contributed by atoms with Crippen molar-refractivity contribution in [1.82, 2.24) is 5.32 Å². The molecule has 3 unspecified atom stereocenters. The number of ether oxygens (including phenoxy) is 1. The summed E-state index contributed by atoms with van der Waals surface area (Å²) in [5, 5.41) is 16.9. The molecule has 0 saturated heterocycles. The minimum absolute atomic E-state index is 0.207. The van der Waals surface area contributed by atoms with E-state index in [1.165, 1.54) is 5.19 Å². The van der Waals surface area contributed by atoms with Gasteiger partial charge in [-0.1, -0.05) is 49.1 Å². The number of hydrogen-bond acceptors (Lipinski definition) is 4. The summed E-state index contributed by atoms with van der Waals surface area (Å²) >= 11 is 0. The zero-order valence-electron chi connectivity index (χ0n) is 18.6. The lowest BCUT2D eigenvalue weighted by Gasteiger charge is -2.22. The topological polar surface area (TPSA) is 87.7 Å². The largest absolute Gasteiger partial charge is 0.497 e. The van der Waals surface area contributed by atoms with Gasteiger partial charge in [-0.15, -0.1) is 0 Å². The van der Waals surface area contributed by atoms with Gasteiger partial charge in [-0.2, -0.15) is 0 Å². The Morgan fingerprint density at radius 3 is 2.19 bits per heavy atom. The second-order valence-corrected chi connectivity index (χ2v) is 14.3. The molecule has 1 aliphatic rings. The lowest BCUT2D eigenvalue weighted by atomic mass is 10.0. The molecular weight excluding hydrogens is 408 g/mol. The van der Waals surface area contributed by atoms with Crippen molar-refractivity contribution in [3.8, 4) is 5.75 Å². The Labute approximate surface area is 185 Å². The molecule has 1 aliphatic carbocycles. The third-order valence-electron chi connectivity index (χ3n) is 5.79. The average molecular weight is 441 g/mol. The van der Waals surface area contributed by atoms with Gasteiger partial charge in [0.05, 0.1) is 21.3 Å². The summed E-state index contributed by atoms with van der Waals surface area (Å²) in [7, 11) is 0.155. The van der Waals surface area contributed by atoms with Crippen LogP contribution in [0.5, 0.6) is 5.75 Å². The molecule has 2 aromatic rings. The molecule has 0 aromatic heterocycles. The number of hydrogen-bond donors (Lipinski definition) is 3. The summed E-state index contributed by atoms with van der Waals surface area (Å²) in [6.45, 7) is 6.82. The van der Waals surface area contributed by atoms with Crippen LogP contribution in [0.3, 0.4) is 0 Å². The first-order chi connectivity index (χ1) is 14.7. The van der Waals surface area contributed by atoms with E-state index < -0.39 is 20.2 Å². The van der Waals surface area contributed by atoms with Gasteiger partial charge in [0.1, 0.15) is 11.8 Å². The highest BCUT2D eigenvalue weighted by Gasteiger charge is 2.32. The lowest BCUT2D eigenvalue weighted by molar-refractivity contribution is -0.129.